The van der Waals surface area contributed by atoms with E-state index in [4.69, 9.17) is 26.2 Å². The highest BCUT2D eigenvalue weighted by Crippen LogP contribution is 2.36. The Balaban J connectivity index is 2.92. The van der Waals surface area contributed by atoms with Crippen molar-refractivity contribution in [1.29, 1.82) is 0 Å². The fourth-order valence-corrected chi connectivity index (χ4v) is 2.01. The summed E-state index contributed by atoms with van der Waals surface area (Å²) in [7, 11) is 1.50. The number of hydrogen-bond acceptors (Lipinski definition) is 4. The van der Waals surface area contributed by atoms with Gasteiger partial charge in [0.05, 0.1) is 25.3 Å². The highest BCUT2D eigenvalue weighted by molar-refractivity contribution is 6.32. The van der Waals surface area contributed by atoms with Crippen molar-refractivity contribution in [3.05, 3.63) is 22.7 Å². The standard InChI is InChI=1S/C16H24ClNO4/c1-10(2)5-6-22-15-13(17)7-12(8-14(15)21-4)16(20)18-11(3)9-19/h7-8,10-11,19H,5-6,9H2,1-4H3,(H,18,20). The van der Waals surface area contributed by atoms with Crippen LogP contribution in [0, 0.1) is 5.92 Å². The molecular weight excluding hydrogens is 306 g/mol. The van der Waals surface area contributed by atoms with Crippen LogP contribution in [0.3, 0.4) is 0 Å². The molecule has 0 saturated heterocycles. The Kier molecular flexibility index (Phi) is 7.48. The maximum absolute atomic E-state index is 12.1. The topological polar surface area (TPSA) is 67.8 Å². The minimum atomic E-state index is -0.334. The van der Waals surface area contributed by atoms with E-state index in [0.717, 1.165) is 6.42 Å². The average Bonchev–Trinajstić information content (AvgIpc) is 2.47. The lowest BCUT2D eigenvalue weighted by molar-refractivity contribution is 0.0922. The van der Waals surface area contributed by atoms with Crippen molar-refractivity contribution in [2.75, 3.05) is 20.3 Å². The van der Waals surface area contributed by atoms with Crippen molar-refractivity contribution in [2.45, 2.75) is 33.2 Å². The van der Waals surface area contributed by atoms with Crippen LogP contribution < -0.4 is 14.8 Å². The molecule has 22 heavy (non-hydrogen) atoms. The Morgan fingerprint density at radius 2 is 2.05 bits per heavy atom. The maximum Gasteiger partial charge on any atom is 0.251 e. The van der Waals surface area contributed by atoms with Crippen molar-refractivity contribution in [1.82, 2.24) is 5.32 Å². The summed E-state index contributed by atoms with van der Waals surface area (Å²) < 4.78 is 10.9. The molecule has 0 fully saturated rings. The molecule has 6 heteroatoms. The second-order valence-electron chi connectivity index (χ2n) is 5.58. The van der Waals surface area contributed by atoms with Gasteiger partial charge in [-0.1, -0.05) is 25.4 Å². The van der Waals surface area contributed by atoms with Crippen LogP contribution in [-0.4, -0.2) is 37.4 Å². The van der Waals surface area contributed by atoms with Crippen molar-refractivity contribution in [2.24, 2.45) is 5.92 Å². The number of methoxy groups -OCH3 is 1. The predicted octanol–water partition coefficient (Wildman–Crippen LogP) is 2.88. The normalized spacial score (nSPS) is 12.1. The molecule has 0 aromatic heterocycles. The zero-order valence-corrected chi connectivity index (χ0v) is 14.2. The average molecular weight is 330 g/mol. The van der Waals surface area contributed by atoms with Crippen molar-refractivity contribution in [3.63, 3.8) is 0 Å². The molecule has 0 aliphatic carbocycles. The molecular formula is C16H24ClNO4. The van der Waals surface area contributed by atoms with Crippen molar-refractivity contribution in [3.8, 4) is 11.5 Å². The molecule has 0 spiro atoms. The Hall–Kier alpha value is -1.46. The number of carbonyl (C=O) groups is 1. The molecule has 0 bridgehead atoms. The van der Waals surface area contributed by atoms with Gasteiger partial charge in [-0.2, -0.15) is 0 Å². The highest BCUT2D eigenvalue weighted by Gasteiger charge is 2.17. The van der Waals surface area contributed by atoms with Gasteiger partial charge in [-0.3, -0.25) is 4.79 Å². The first kappa shape index (κ1) is 18.6. The molecule has 0 aliphatic rings. The van der Waals surface area contributed by atoms with Crippen molar-refractivity contribution < 1.29 is 19.4 Å². The molecule has 0 heterocycles. The van der Waals surface area contributed by atoms with Gasteiger partial charge in [0.2, 0.25) is 0 Å². The molecule has 1 amide bonds. The molecule has 1 aromatic carbocycles. The lowest BCUT2D eigenvalue weighted by Crippen LogP contribution is -2.35. The molecule has 1 unspecified atom stereocenters. The van der Waals surface area contributed by atoms with E-state index < -0.39 is 0 Å². The highest BCUT2D eigenvalue weighted by atomic mass is 35.5. The molecule has 5 nitrogen and oxygen atoms in total. The second-order valence-corrected chi connectivity index (χ2v) is 5.98. The van der Waals surface area contributed by atoms with Gasteiger partial charge >= 0.3 is 0 Å². The van der Waals surface area contributed by atoms with Crippen molar-refractivity contribution >= 4 is 17.5 Å². The summed E-state index contributed by atoms with van der Waals surface area (Å²) in [4.78, 5) is 12.1. The number of hydrogen-bond donors (Lipinski definition) is 2. The minimum absolute atomic E-state index is 0.132. The number of aliphatic hydroxyl groups is 1. The van der Waals surface area contributed by atoms with E-state index in [1.165, 1.54) is 13.2 Å². The first-order chi connectivity index (χ1) is 10.4. The Morgan fingerprint density at radius 3 is 2.59 bits per heavy atom. The zero-order chi connectivity index (χ0) is 16.7. The molecule has 1 rings (SSSR count). The molecule has 124 valence electrons. The van der Waals surface area contributed by atoms with E-state index in [-0.39, 0.29) is 18.6 Å². The molecule has 0 aliphatic heterocycles. The zero-order valence-electron chi connectivity index (χ0n) is 13.5. The first-order valence-electron chi connectivity index (χ1n) is 7.31. The van der Waals surface area contributed by atoms with Crippen LogP contribution in [0.4, 0.5) is 0 Å². The Morgan fingerprint density at radius 1 is 1.36 bits per heavy atom. The summed E-state index contributed by atoms with van der Waals surface area (Å²) in [5.74, 6) is 1.06. The summed E-state index contributed by atoms with van der Waals surface area (Å²) >= 11 is 6.21. The lowest BCUT2D eigenvalue weighted by atomic mass is 10.1. The van der Waals surface area contributed by atoms with E-state index in [0.29, 0.717) is 34.6 Å². The Bertz CT molecular complexity index is 505. The van der Waals surface area contributed by atoms with Crippen LogP contribution in [0.1, 0.15) is 37.6 Å². The fourth-order valence-electron chi connectivity index (χ4n) is 1.74. The van der Waals surface area contributed by atoms with Gasteiger partial charge in [0.25, 0.3) is 5.91 Å². The summed E-state index contributed by atoms with van der Waals surface area (Å²) in [6, 6.07) is 2.78. The van der Waals surface area contributed by atoms with Gasteiger partial charge < -0.3 is 19.9 Å². The SMILES string of the molecule is COc1cc(C(=O)NC(C)CO)cc(Cl)c1OCCC(C)C. The molecule has 0 radical (unpaired) electrons. The smallest absolute Gasteiger partial charge is 0.251 e. The third-order valence-corrected chi connectivity index (χ3v) is 3.37. The molecule has 2 N–H and O–H groups in total. The van der Waals surface area contributed by atoms with Gasteiger partial charge in [-0.25, -0.2) is 0 Å². The van der Waals surface area contributed by atoms with Crippen LogP contribution in [0.5, 0.6) is 11.5 Å². The van der Waals surface area contributed by atoms with Gasteiger partial charge in [-0.05, 0) is 31.4 Å². The number of benzene rings is 1. The third-order valence-electron chi connectivity index (χ3n) is 3.08. The van der Waals surface area contributed by atoms with E-state index in [1.54, 1.807) is 13.0 Å². The predicted molar refractivity (Wildman–Crippen MR) is 87.0 cm³/mol. The number of amides is 1. The molecule has 1 aromatic rings. The van der Waals surface area contributed by atoms with E-state index in [9.17, 15) is 4.79 Å². The maximum atomic E-state index is 12.1. The third kappa shape index (κ3) is 5.39. The van der Waals surface area contributed by atoms with Gasteiger partial charge in [0, 0.05) is 11.6 Å². The number of nitrogens with one attached hydrogen (secondary N) is 1. The summed E-state index contributed by atoms with van der Waals surface area (Å²) in [5.41, 5.74) is 0.360. The summed E-state index contributed by atoms with van der Waals surface area (Å²) in [6.07, 6.45) is 0.899. The van der Waals surface area contributed by atoms with Crippen LogP contribution in [0.25, 0.3) is 0 Å². The number of aliphatic hydroxyl groups excluding tert-OH is 1. The van der Waals surface area contributed by atoms with E-state index >= 15 is 0 Å². The van der Waals surface area contributed by atoms with Gasteiger partial charge in [0.1, 0.15) is 0 Å². The van der Waals surface area contributed by atoms with E-state index in [2.05, 4.69) is 19.2 Å². The summed E-state index contributed by atoms with van der Waals surface area (Å²) in [5, 5.41) is 12.0. The minimum Gasteiger partial charge on any atom is -0.493 e. The van der Waals surface area contributed by atoms with Crippen LogP contribution >= 0.6 is 11.6 Å². The number of ether oxygens (including phenoxy) is 2. The largest absolute Gasteiger partial charge is 0.493 e. The molecule has 0 saturated carbocycles. The first-order valence-corrected chi connectivity index (χ1v) is 7.68. The second kappa shape index (κ2) is 8.86. The van der Waals surface area contributed by atoms with Gasteiger partial charge in [-0.15, -0.1) is 0 Å². The number of carbonyl (C=O) groups excluding carboxylic acids is 1. The fraction of sp³-hybridized carbons (Fsp3) is 0.562. The van der Waals surface area contributed by atoms with Gasteiger partial charge in [0.15, 0.2) is 11.5 Å². The molecule has 1 atom stereocenters. The summed E-state index contributed by atoms with van der Waals surface area (Å²) in [6.45, 7) is 6.32. The van der Waals surface area contributed by atoms with Crippen LogP contribution in [0.2, 0.25) is 5.02 Å². The Labute approximate surface area is 136 Å². The van der Waals surface area contributed by atoms with E-state index in [1.807, 2.05) is 0 Å². The quantitative estimate of drug-likeness (QED) is 0.769. The number of halogens is 1. The lowest BCUT2D eigenvalue weighted by Gasteiger charge is -2.16. The number of rotatable bonds is 8. The van der Waals surface area contributed by atoms with Crippen LogP contribution in [0.15, 0.2) is 12.1 Å². The van der Waals surface area contributed by atoms with Crippen LogP contribution in [-0.2, 0) is 0 Å². The monoisotopic (exact) mass is 329 g/mol.